The zero-order valence-corrected chi connectivity index (χ0v) is 10.1. The number of hydrogen-bond acceptors (Lipinski definition) is 4. The van der Waals surface area contributed by atoms with Crippen molar-refractivity contribution in [2.45, 2.75) is 31.9 Å². The number of ether oxygens (including phenoxy) is 1. The quantitative estimate of drug-likeness (QED) is 0.864. The van der Waals surface area contributed by atoms with Gasteiger partial charge in [-0.2, -0.15) is 26.9 Å². The lowest BCUT2D eigenvalue weighted by Gasteiger charge is -2.19. The van der Waals surface area contributed by atoms with Crippen molar-refractivity contribution in [3.63, 3.8) is 0 Å². The predicted molar refractivity (Wildman–Crippen MR) is 57.0 cm³/mol. The SMILES string of the molecule is CC(C)c1nc(N)cc(OCC(F)(F)C(F)(F)F)n1. The lowest BCUT2D eigenvalue weighted by atomic mass is 10.2. The number of nitrogen functional groups attached to an aromatic ring is 1. The van der Waals surface area contributed by atoms with E-state index in [1.807, 2.05) is 0 Å². The van der Waals surface area contributed by atoms with Gasteiger partial charge in [0.2, 0.25) is 5.88 Å². The van der Waals surface area contributed by atoms with Crippen molar-refractivity contribution >= 4 is 5.82 Å². The highest BCUT2D eigenvalue weighted by Crippen LogP contribution is 2.35. The van der Waals surface area contributed by atoms with Gasteiger partial charge in [-0.3, -0.25) is 0 Å². The van der Waals surface area contributed by atoms with Crippen molar-refractivity contribution in [3.05, 3.63) is 11.9 Å². The van der Waals surface area contributed by atoms with Crippen molar-refractivity contribution < 1.29 is 26.7 Å². The fourth-order valence-corrected chi connectivity index (χ4v) is 1.04. The number of nitrogens with two attached hydrogens (primary N) is 1. The fraction of sp³-hybridized carbons (Fsp3) is 0.600. The highest BCUT2D eigenvalue weighted by molar-refractivity contribution is 5.33. The van der Waals surface area contributed by atoms with Gasteiger partial charge in [-0.1, -0.05) is 13.8 Å². The van der Waals surface area contributed by atoms with Crippen LogP contribution in [0.15, 0.2) is 6.07 Å². The third-order valence-electron chi connectivity index (χ3n) is 2.07. The van der Waals surface area contributed by atoms with Crippen molar-refractivity contribution in [2.75, 3.05) is 12.3 Å². The largest absolute Gasteiger partial charge is 0.471 e. The van der Waals surface area contributed by atoms with Crippen molar-refractivity contribution in [2.24, 2.45) is 0 Å². The minimum Gasteiger partial charge on any atom is -0.471 e. The van der Waals surface area contributed by atoms with Gasteiger partial charge in [0.15, 0.2) is 6.61 Å². The molecular weight excluding hydrogens is 273 g/mol. The van der Waals surface area contributed by atoms with E-state index in [0.29, 0.717) is 0 Å². The maximum Gasteiger partial charge on any atom is 0.456 e. The van der Waals surface area contributed by atoms with Gasteiger partial charge in [-0.05, 0) is 0 Å². The molecule has 1 aromatic heterocycles. The van der Waals surface area contributed by atoms with E-state index in [-0.39, 0.29) is 17.6 Å². The molecule has 0 unspecified atom stereocenters. The molecule has 1 heterocycles. The Morgan fingerprint density at radius 1 is 1.21 bits per heavy atom. The van der Waals surface area contributed by atoms with Crippen LogP contribution in [-0.2, 0) is 0 Å². The van der Waals surface area contributed by atoms with Crippen LogP contribution in [0.2, 0.25) is 0 Å². The van der Waals surface area contributed by atoms with Gasteiger partial charge >= 0.3 is 12.1 Å². The summed E-state index contributed by atoms with van der Waals surface area (Å²) in [7, 11) is 0. The number of aromatic nitrogens is 2. The van der Waals surface area contributed by atoms with E-state index in [1.165, 1.54) is 0 Å². The van der Waals surface area contributed by atoms with Gasteiger partial charge in [0.1, 0.15) is 11.6 Å². The van der Waals surface area contributed by atoms with Gasteiger partial charge in [0.05, 0.1) is 0 Å². The van der Waals surface area contributed by atoms with Crippen molar-refractivity contribution in [3.8, 4) is 5.88 Å². The molecule has 4 nitrogen and oxygen atoms in total. The minimum absolute atomic E-state index is 0.0657. The Morgan fingerprint density at radius 2 is 1.79 bits per heavy atom. The van der Waals surface area contributed by atoms with Crippen molar-refractivity contribution in [1.82, 2.24) is 9.97 Å². The van der Waals surface area contributed by atoms with Crippen LogP contribution in [0.25, 0.3) is 0 Å². The first kappa shape index (κ1) is 15.4. The number of rotatable bonds is 4. The van der Waals surface area contributed by atoms with E-state index in [1.54, 1.807) is 13.8 Å². The first-order chi connectivity index (χ1) is 8.53. The molecule has 19 heavy (non-hydrogen) atoms. The average molecular weight is 285 g/mol. The second-order valence-corrected chi connectivity index (χ2v) is 4.13. The summed E-state index contributed by atoms with van der Waals surface area (Å²) < 4.78 is 65.5. The van der Waals surface area contributed by atoms with E-state index in [4.69, 9.17) is 5.73 Å². The highest BCUT2D eigenvalue weighted by atomic mass is 19.4. The number of hydrogen-bond donors (Lipinski definition) is 1. The van der Waals surface area contributed by atoms with E-state index in [9.17, 15) is 22.0 Å². The van der Waals surface area contributed by atoms with Gasteiger partial charge < -0.3 is 10.5 Å². The topological polar surface area (TPSA) is 61.0 Å². The summed E-state index contributed by atoms with van der Waals surface area (Å²) >= 11 is 0. The van der Waals surface area contributed by atoms with Gasteiger partial charge in [0, 0.05) is 12.0 Å². The smallest absolute Gasteiger partial charge is 0.456 e. The first-order valence-electron chi connectivity index (χ1n) is 5.25. The summed E-state index contributed by atoms with van der Waals surface area (Å²) in [5.41, 5.74) is 5.38. The summed E-state index contributed by atoms with van der Waals surface area (Å²) in [6, 6.07) is 0.984. The number of nitrogens with zero attached hydrogens (tertiary/aromatic N) is 2. The van der Waals surface area contributed by atoms with Gasteiger partial charge in [0.25, 0.3) is 0 Å². The standard InChI is InChI=1S/C10H12F5N3O/c1-5(2)8-17-6(16)3-7(18-8)19-4-9(11,12)10(13,14)15/h3,5H,4H2,1-2H3,(H2,16,17,18). The molecule has 0 fully saturated rings. The molecule has 0 saturated heterocycles. The Morgan fingerprint density at radius 3 is 2.26 bits per heavy atom. The Bertz CT molecular complexity index is 447. The Balaban J connectivity index is 2.84. The van der Waals surface area contributed by atoms with E-state index in [0.717, 1.165) is 6.07 Å². The molecule has 1 rings (SSSR count). The average Bonchev–Trinajstić information content (AvgIpc) is 2.24. The molecule has 0 radical (unpaired) electrons. The molecule has 2 N–H and O–H groups in total. The molecule has 9 heteroatoms. The second kappa shape index (κ2) is 5.14. The lowest BCUT2D eigenvalue weighted by molar-refractivity contribution is -0.290. The Hall–Kier alpha value is -1.67. The number of alkyl halides is 5. The molecule has 0 saturated carbocycles. The molecule has 0 aliphatic carbocycles. The monoisotopic (exact) mass is 285 g/mol. The minimum atomic E-state index is -5.67. The van der Waals surface area contributed by atoms with Crippen LogP contribution in [0.5, 0.6) is 5.88 Å². The molecule has 0 aromatic carbocycles. The molecule has 0 aliphatic rings. The lowest BCUT2D eigenvalue weighted by Crippen LogP contribution is -2.41. The molecule has 0 atom stereocenters. The Labute approximate surface area is 105 Å². The van der Waals surface area contributed by atoms with Crippen LogP contribution in [0.3, 0.4) is 0 Å². The van der Waals surface area contributed by atoms with Crippen LogP contribution in [0.4, 0.5) is 27.8 Å². The summed E-state index contributed by atoms with van der Waals surface area (Å²) in [5.74, 6) is -5.41. The summed E-state index contributed by atoms with van der Waals surface area (Å²) in [6.07, 6.45) is -5.67. The van der Waals surface area contributed by atoms with Crippen LogP contribution < -0.4 is 10.5 Å². The highest BCUT2D eigenvalue weighted by Gasteiger charge is 2.58. The summed E-state index contributed by atoms with van der Waals surface area (Å²) in [6.45, 7) is 1.57. The molecule has 0 amide bonds. The van der Waals surface area contributed by atoms with Gasteiger partial charge in [-0.25, -0.2) is 4.98 Å². The van der Waals surface area contributed by atoms with Crippen LogP contribution in [-0.4, -0.2) is 28.7 Å². The maximum absolute atomic E-state index is 12.7. The first-order valence-corrected chi connectivity index (χ1v) is 5.25. The number of halogens is 5. The van der Waals surface area contributed by atoms with Crippen LogP contribution >= 0.6 is 0 Å². The van der Waals surface area contributed by atoms with E-state index < -0.39 is 24.6 Å². The zero-order chi connectivity index (χ0) is 14.8. The van der Waals surface area contributed by atoms with Gasteiger partial charge in [-0.15, -0.1) is 0 Å². The molecule has 0 aliphatic heterocycles. The molecule has 0 spiro atoms. The number of anilines is 1. The summed E-state index contributed by atoms with van der Waals surface area (Å²) in [5, 5.41) is 0. The zero-order valence-electron chi connectivity index (χ0n) is 10.1. The molecule has 108 valence electrons. The third-order valence-corrected chi connectivity index (χ3v) is 2.07. The molecular formula is C10H12F5N3O. The molecule has 1 aromatic rings. The molecule has 0 bridgehead atoms. The van der Waals surface area contributed by atoms with E-state index in [2.05, 4.69) is 14.7 Å². The second-order valence-electron chi connectivity index (χ2n) is 4.13. The third kappa shape index (κ3) is 3.90. The maximum atomic E-state index is 12.7. The van der Waals surface area contributed by atoms with Crippen LogP contribution in [0, 0.1) is 0 Å². The Kier molecular flexibility index (Phi) is 4.16. The van der Waals surface area contributed by atoms with E-state index >= 15 is 0 Å². The predicted octanol–water partition coefficient (Wildman–Crippen LogP) is 2.76. The summed E-state index contributed by atoms with van der Waals surface area (Å²) in [4.78, 5) is 7.51. The van der Waals surface area contributed by atoms with Crippen molar-refractivity contribution in [1.29, 1.82) is 0 Å². The van der Waals surface area contributed by atoms with Crippen LogP contribution in [0.1, 0.15) is 25.6 Å². The fourth-order valence-electron chi connectivity index (χ4n) is 1.04. The normalized spacial score (nSPS) is 12.8.